The van der Waals surface area contributed by atoms with Gasteiger partial charge in [-0.05, 0) is 55.2 Å². The van der Waals surface area contributed by atoms with Gasteiger partial charge in [0.1, 0.15) is 12.4 Å². The van der Waals surface area contributed by atoms with Gasteiger partial charge in [-0.3, -0.25) is 4.79 Å². The van der Waals surface area contributed by atoms with Gasteiger partial charge in [0.15, 0.2) is 0 Å². The minimum Gasteiger partial charge on any atom is -0.489 e. The first-order valence-corrected chi connectivity index (χ1v) is 8.13. The van der Waals surface area contributed by atoms with E-state index in [-0.39, 0.29) is 5.91 Å². The minimum atomic E-state index is -0.154. The number of carbonyl (C=O) groups is 1. The molecule has 1 N–H and O–H groups in total. The molecule has 0 aromatic heterocycles. The minimum absolute atomic E-state index is 0.154. The Morgan fingerprint density at radius 3 is 2.73 bits per heavy atom. The zero-order valence-electron chi connectivity index (χ0n) is 12.8. The molecule has 0 aliphatic heterocycles. The van der Waals surface area contributed by atoms with Gasteiger partial charge in [0.05, 0.1) is 0 Å². The number of benzene rings is 2. The zero-order chi connectivity index (χ0) is 15.9. The average Bonchev–Trinajstić information content (AvgIpc) is 2.53. The van der Waals surface area contributed by atoms with Gasteiger partial charge in [-0.2, -0.15) is 0 Å². The maximum atomic E-state index is 12.3. The second-order valence-electron chi connectivity index (χ2n) is 4.96. The molecule has 22 heavy (non-hydrogen) atoms. The molecule has 114 valence electrons. The molecule has 0 saturated carbocycles. The first kappa shape index (κ1) is 16.2. The summed E-state index contributed by atoms with van der Waals surface area (Å²) in [5.41, 5.74) is 2.28. The van der Waals surface area contributed by atoms with Crippen LogP contribution in [-0.4, -0.2) is 18.8 Å². The van der Waals surface area contributed by atoms with E-state index in [1.165, 1.54) is 0 Å². The molecule has 0 unspecified atom stereocenters. The molecule has 2 rings (SSSR count). The lowest BCUT2D eigenvalue weighted by Gasteiger charge is -2.09. The van der Waals surface area contributed by atoms with Crippen LogP contribution in [0.2, 0.25) is 0 Å². The fraction of sp³-hybridized carbons (Fsp3) is 0.167. The molecule has 0 fully saturated rings. The van der Waals surface area contributed by atoms with Gasteiger partial charge in [0.2, 0.25) is 0 Å². The predicted octanol–water partition coefficient (Wildman–Crippen LogP) is 4.62. The van der Waals surface area contributed by atoms with Crippen molar-refractivity contribution in [3.8, 4) is 5.75 Å². The molecule has 0 heterocycles. The van der Waals surface area contributed by atoms with Crippen LogP contribution in [0.3, 0.4) is 0 Å². The van der Waals surface area contributed by atoms with Crippen molar-refractivity contribution in [3.63, 3.8) is 0 Å². The number of amides is 1. The largest absolute Gasteiger partial charge is 0.489 e. The first-order valence-electron chi connectivity index (χ1n) is 6.91. The van der Waals surface area contributed by atoms with E-state index < -0.39 is 0 Å². The molecule has 0 radical (unpaired) electrons. The molecule has 2 aromatic carbocycles. The van der Waals surface area contributed by atoms with Crippen molar-refractivity contribution >= 4 is 23.4 Å². The van der Waals surface area contributed by atoms with E-state index in [0.717, 1.165) is 16.2 Å². The third-order valence-corrected chi connectivity index (χ3v) is 3.63. The third kappa shape index (κ3) is 4.67. The number of thioether (sulfide) groups is 1. The van der Waals surface area contributed by atoms with E-state index in [1.54, 1.807) is 30.0 Å². The van der Waals surface area contributed by atoms with Crippen LogP contribution in [0.25, 0.3) is 0 Å². The number of nitrogens with one attached hydrogen (secondary N) is 1. The maximum absolute atomic E-state index is 12.3. The quantitative estimate of drug-likeness (QED) is 0.625. The summed E-state index contributed by atoms with van der Waals surface area (Å²) >= 11 is 1.64. The second kappa shape index (κ2) is 7.71. The zero-order valence-corrected chi connectivity index (χ0v) is 13.6. The summed E-state index contributed by atoms with van der Waals surface area (Å²) in [5.74, 6) is 0.507. The topological polar surface area (TPSA) is 38.3 Å². The van der Waals surface area contributed by atoms with Gasteiger partial charge in [-0.15, -0.1) is 11.8 Å². The molecule has 3 nitrogen and oxygen atoms in total. The van der Waals surface area contributed by atoms with Gasteiger partial charge in [-0.1, -0.05) is 18.7 Å². The number of rotatable bonds is 6. The molecule has 0 aliphatic carbocycles. The predicted molar refractivity (Wildman–Crippen MR) is 92.9 cm³/mol. The van der Waals surface area contributed by atoms with Crippen LogP contribution in [0.5, 0.6) is 5.75 Å². The lowest BCUT2D eigenvalue weighted by molar-refractivity contribution is 0.102. The van der Waals surface area contributed by atoms with Crippen molar-refractivity contribution in [3.05, 3.63) is 66.2 Å². The van der Waals surface area contributed by atoms with Crippen LogP contribution in [0, 0.1) is 0 Å². The van der Waals surface area contributed by atoms with Gasteiger partial charge in [0, 0.05) is 16.1 Å². The van der Waals surface area contributed by atoms with Crippen LogP contribution >= 0.6 is 11.8 Å². The van der Waals surface area contributed by atoms with E-state index in [4.69, 9.17) is 4.74 Å². The number of hydrogen-bond acceptors (Lipinski definition) is 3. The number of ether oxygens (including phenoxy) is 1. The van der Waals surface area contributed by atoms with Crippen LogP contribution in [0.1, 0.15) is 17.3 Å². The third-order valence-electron chi connectivity index (χ3n) is 2.91. The molecule has 4 heteroatoms. The highest BCUT2D eigenvalue weighted by molar-refractivity contribution is 7.98. The fourth-order valence-corrected chi connectivity index (χ4v) is 2.30. The van der Waals surface area contributed by atoms with E-state index in [9.17, 15) is 4.79 Å². The van der Waals surface area contributed by atoms with Crippen LogP contribution in [0.4, 0.5) is 5.69 Å². The highest BCUT2D eigenvalue weighted by Crippen LogP contribution is 2.20. The maximum Gasteiger partial charge on any atom is 0.255 e. The van der Waals surface area contributed by atoms with Gasteiger partial charge in [-0.25, -0.2) is 0 Å². The van der Waals surface area contributed by atoms with E-state index >= 15 is 0 Å². The van der Waals surface area contributed by atoms with E-state index in [0.29, 0.717) is 17.9 Å². The number of anilines is 1. The average molecular weight is 313 g/mol. The SMILES string of the molecule is C=C(C)COc1cccc(C(=O)Nc2cccc(SC)c2)c1. The molecule has 0 spiro atoms. The Morgan fingerprint density at radius 2 is 2.00 bits per heavy atom. The first-order chi connectivity index (χ1) is 10.6. The fourth-order valence-electron chi connectivity index (χ4n) is 1.84. The molecule has 0 saturated heterocycles. The normalized spacial score (nSPS) is 10.1. The Balaban J connectivity index is 2.08. The molecular weight excluding hydrogens is 294 g/mol. The Hall–Kier alpha value is -2.20. The van der Waals surface area contributed by atoms with Crippen molar-refractivity contribution in [1.82, 2.24) is 0 Å². The molecule has 1 amide bonds. The number of carbonyl (C=O) groups excluding carboxylic acids is 1. The van der Waals surface area contributed by atoms with Gasteiger partial charge in [0.25, 0.3) is 5.91 Å². The molecular formula is C18H19NO2S. The lowest BCUT2D eigenvalue weighted by atomic mass is 10.2. The van der Waals surface area contributed by atoms with Crippen molar-refractivity contribution in [2.24, 2.45) is 0 Å². The second-order valence-corrected chi connectivity index (χ2v) is 5.84. The monoisotopic (exact) mass is 313 g/mol. The summed E-state index contributed by atoms with van der Waals surface area (Å²) in [7, 11) is 0. The highest BCUT2D eigenvalue weighted by Gasteiger charge is 2.07. The summed E-state index contributed by atoms with van der Waals surface area (Å²) < 4.78 is 5.56. The summed E-state index contributed by atoms with van der Waals surface area (Å²) in [6, 6.07) is 14.9. The van der Waals surface area contributed by atoms with Gasteiger partial charge < -0.3 is 10.1 Å². The highest BCUT2D eigenvalue weighted by atomic mass is 32.2. The molecule has 0 aliphatic rings. The summed E-state index contributed by atoms with van der Waals surface area (Å²) in [4.78, 5) is 13.4. The summed E-state index contributed by atoms with van der Waals surface area (Å²) in [6.45, 7) is 6.14. The molecule has 2 aromatic rings. The Labute approximate surface area is 135 Å². The van der Waals surface area contributed by atoms with Crippen LogP contribution in [-0.2, 0) is 0 Å². The van der Waals surface area contributed by atoms with Crippen molar-refractivity contribution in [2.45, 2.75) is 11.8 Å². The van der Waals surface area contributed by atoms with Crippen molar-refractivity contribution in [2.75, 3.05) is 18.2 Å². The standard InChI is InChI=1S/C18H19NO2S/c1-13(2)12-21-16-8-4-6-14(10-16)18(20)19-15-7-5-9-17(11-15)22-3/h4-11H,1,12H2,2-3H3,(H,19,20). The van der Waals surface area contributed by atoms with Crippen molar-refractivity contribution < 1.29 is 9.53 Å². The van der Waals surface area contributed by atoms with Crippen LogP contribution in [0.15, 0.2) is 65.6 Å². The van der Waals surface area contributed by atoms with Gasteiger partial charge >= 0.3 is 0 Å². The van der Waals surface area contributed by atoms with E-state index in [1.807, 2.05) is 43.5 Å². The van der Waals surface area contributed by atoms with E-state index in [2.05, 4.69) is 11.9 Å². The summed E-state index contributed by atoms with van der Waals surface area (Å²) in [5, 5.41) is 2.90. The Morgan fingerprint density at radius 1 is 1.23 bits per heavy atom. The Kier molecular flexibility index (Phi) is 5.67. The van der Waals surface area contributed by atoms with Crippen molar-refractivity contribution in [1.29, 1.82) is 0 Å². The Bertz CT molecular complexity index is 682. The smallest absolute Gasteiger partial charge is 0.255 e. The summed E-state index contributed by atoms with van der Waals surface area (Å²) in [6.07, 6.45) is 2.00. The molecule has 0 bridgehead atoms. The lowest BCUT2D eigenvalue weighted by Crippen LogP contribution is -2.12. The number of hydrogen-bond donors (Lipinski definition) is 1. The molecule has 0 atom stereocenters. The van der Waals surface area contributed by atoms with Crippen LogP contribution < -0.4 is 10.1 Å².